The largest absolute Gasteiger partial charge is 0.509 e. The smallest absolute Gasteiger partial charge is 0.408 e. The summed E-state index contributed by atoms with van der Waals surface area (Å²) in [5.41, 5.74) is -0.114. The van der Waals surface area contributed by atoms with Crippen molar-refractivity contribution in [3.8, 4) is 0 Å². The summed E-state index contributed by atoms with van der Waals surface area (Å²) in [6.07, 6.45) is -0.825. The topological polar surface area (TPSA) is 102 Å². The van der Waals surface area contributed by atoms with E-state index < -0.39 is 46.9 Å². The van der Waals surface area contributed by atoms with Crippen LogP contribution >= 0.6 is 0 Å². The van der Waals surface area contributed by atoms with Crippen LogP contribution in [0.15, 0.2) is 41.7 Å². The van der Waals surface area contributed by atoms with Gasteiger partial charge < -0.3 is 19.9 Å². The summed E-state index contributed by atoms with van der Waals surface area (Å²) in [5, 5.41) is 12.7. The van der Waals surface area contributed by atoms with Gasteiger partial charge in [-0.25, -0.2) is 9.59 Å². The van der Waals surface area contributed by atoms with Crippen LogP contribution in [-0.2, 0) is 25.5 Å². The lowest BCUT2D eigenvalue weighted by atomic mass is 10.0. The lowest BCUT2D eigenvalue weighted by Gasteiger charge is -2.21. The van der Waals surface area contributed by atoms with Crippen molar-refractivity contribution in [2.45, 2.75) is 58.3 Å². The van der Waals surface area contributed by atoms with Crippen LogP contribution in [0.1, 0.15) is 39.7 Å². The first kappa shape index (κ1) is 20.5. The Morgan fingerprint density at radius 1 is 1.26 bits per heavy atom. The van der Waals surface area contributed by atoms with Crippen LogP contribution in [0.4, 0.5) is 4.79 Å². The normalized spacial score (nSPS) is 20.1. The molecule has 27 heavy (non-hydrogen) atoms. The van der Waals surface area contributed by atoms with E-state index in [9.17, 15) is 19.5 Å². The van der Waals surface area contributed by atoms with E-state index in [0.717, 1.165) is 5.56 Å². The number of aliphatic hydroxyl groups excluding tert-OH is 1. The third-order valence-electron chi connectivity index (χ3n) is 3.93. The molecule has 2 rings (SSSR count). The van der Waals surface area contributed by atoms with E-state index in [1.54, 1.807) is 20.8 Å². The lowest BCUT2D eigenvalue weighted by molar-refractivity contribution is -0.141. The molecule has 1 heterocycles. The number of aliphatic hydroxyl groups is 1. The number of cyclic esters (lactones) is 1. The van der Waals surface area contributed by atoms with Gasteiger partial charge >= 0.3 is 12.1 Å². The fourth-order valence-electron chi connectivity index (χ4n) is 2.64. The second-order valence-electron chi connectivity index (χ2n) is 7.41. The van der Waals surface area contributed by atoms with E-state index in [1.807, 2.05) is 30.3 Å². The van der Waals surface area contributed by atoms with E-state index in [-0.39, 0.29) is 0 Å². The molecular weight excluding hydrogens is 350 g/mol. The minimum absolute atomic E-state index is 0.319. The summed E-state index contributed by atoms with van der Waals surface area (Å²) >= 11 is 0. The molecule has 1 aliphatic heterocycles. The molecule has 7 heteroatoms. The van der Waals surface area contributed by atoms with Crippen LogP contribution in [0.2, 0.25) is 0 Å². The number of nitrogens with one attached hydrogen (secondary N) is 1. The van der Waals surface area contributed by atoms with Crippen molar-refractivity contribution in [3.63, 3.8) is 0 Å². The van der Waals surface area contributed by atoms with Gasteiger partial charge in [0.2, 0.25) is 5.78 Å². The summed E-state index contributed by atoms with van der Waals surface area (Å²) < 4.78 is 10.2. The van der Waals surface area contributed by atoms with Gasteiger partial charge in [-0.1, -0.05) is 30.3 Å². The maximum atomic E-state index is 12.5. The Morgan fingerprint density at radius 2 is 1.89 bits per heavy atom. The fraction of sp³-hybridized carbons (Fsp3) is 0.450. The van der Waals surface area contributed by atoms with Crippen molar-refractivity contribution in [1.29, 1.82) is 0 Å². The van der Waals surface area contributed by atoms with Crippen LogP contribution in [0.25, 0.3) is 0 Å². The molecule has 1 aromatic rings. The number of alkyl carbamates (subject to hydrolysis) is 1. The molecule has 0 bridgehead atoms. The average molecular weight is 375 g/mol. The van der Waals surface area contributed by atoms with Crippen molar-refractivity contribution in [2.24, 2.45) is 0 Å². The van der Waals surface area contributed by atoms with Gasteiger partial charge in [-0.15, -0.1) is 0 Å². The van der Waals surface area contributed by atoms with Crippen LogP contribution in [0, 0.1) is 0 Å². The highest BCUT2D eigenvalue weighted by Gasteiger charge is 2.41. The predicted molar refractivity (Wildman–Crippen MR) is 98.1 cm³/mol. The molecule has 146 valence electrons. The van der Waals surface area contributed by atoms with E-state index in [4.69, 9.17) is 9.47 Å². The molecular formula is C20H25NO6. The van der Waals surface area contributed by atoms with Gasteiger partial charge in [0.25, 0.3) is 0 Å². The van der Waals surface area contributed by atoms with Gasteiger partial charge in [0, 0.05) is 0 Å². The number of ketones is 1. The number of benzene rings is 1. The SMILES string of the molecule is C[C@H](NC(=O)OC(C)(C)C)C(O)=C1C(=O)O[C@H](CCc2ccccc2)C1=O. The Hall–Kier alpha value is -2.83. The van der Waals surface area contributed by atoms with Gasteiger partial charge in [-0.3, -0.25) is 4.79 Å². The highest BCUT2D eigenvalue weighted by molar-refractivity contribution is 6.23. The number of hydrogen-bond acceptors (Lipinski definition) is 6. The molecule has 1 saturated heterocycles. The Morgan fingerprint density at radius 3 is 2.48 bits per heavy atom. The van der Waals surface area contributed by atoms with Crippen LogP contribution in [0.3, 0.4) is 0 Å². The van der Waals surface area contributed by atoms with Crippen molar-refractivity contribution in [3.05, 3.63) is 47.2 Å². The molecule has 0 spiro atoms. The first-order valence-electron chi connectivity index (χ1n) is 8.80. The second-order valence-corrected chi connectivity index (χ2v) is 7.41. The Kier molecular flexibility index (Phi) is 6.25. The summed E-state index contributed by atoms with van der Waals surface area (Å²) in [6.45, 7) is 6.55. The van der Waals surface area contributed by atoms with Crippen LogP contribution in [-0.4, -0.2) is 40.7 Å². The monoisotopic (exact) mass is 375 g/mol. The highest BCUT2D eigenvalue weighted by atomic mass is 16.6. The van der Waals surface area contributed by atoms with Gasteiger partial charge in [-0.05, 0) is 46.1 Å². The van der Waals surface area contributed by atoms with E-state index in [1.165, 1.54) is 6.92 Å². The fourth-order valence-corrected chi connectivity index (χ4v) is 2.64. The third kappa shape index (κ3) is 5.57. The van der Waals surface area contributed by atoms with Gasteiger partial charge in [0.05, 0.1) is 6.04 Å². The summed E-state index contributed by atoms with van der Waals surface area (Å²) in [7, 11) is 0. The number of hydrogen-bond donors (Lipinski definition) is 2. The molecule has 0 aromatic heterocycles. The third-order valence-corrected chi connectivity index (χ3v) is 3.93. The Bertz CT molecular complexity index is 747. The summed E-state index contributed by atoms with van der Waals surface area (Å²) in [6, 6.07) is 8.53. The van der Waals surface area contributed by atoms with Crippen LogP contribution < -0.4 is 5.32 Å². The molecule has 1 aromatic carbocycles. The number of carbonyl (C=O) groups is 3. The number of aryl methyl sites for hydroxylation is 1. The number of esters is 1. The Balaban J connectivity index is 2.04. The predicted octanol–water partition coefficient (Wildman–Crippen LogP) is 2.84. The minimum Gasteiger partial charge on any atom is -0.509 e. The number of Topliss-reactive ketones (excluding diaryl/α,β-unsaturated/α-hetero) is 1. The average Bonchev–Trinajstić information content (AvgIpc) is 2.85. The zero-order valence-corrected chi connectivity index (χ0v) is 15.9. The number of rotatable bonds is 5. The van der Waals surface area contributed by atoms with E-state index >= 15 is 0 Å². The molecule has 7 nitrogen and oxygen atoms in total. The van der Waals surface area contributed by atoms with Gasteiger partial charge in [0.1, 0.15) is 16.9 Å². The van der Waals surface area contributed by atoms with Crippen molar-refractivity contribution >= 4 is 17.8 Å². The summed E-state index contributed by atoms with van der Waals surface area (Å²) in [5.74, 6) is -1.99. The quantitative estimate of drug-likeness (QED) is 0.355. The first-order valence-corrected chi connectivity index (χ1v) is 8.80. The zero-order valence-electron chi connectivity index (χ0n) is 15.9. The molecule has 1 aliphatic rings. The molecule has 0 saturated carbocycles. The standard InChI is InChI=1S/C20H25NO6/c1-12(21-19(25)27-20(2,3)4)16(22)15-17(23)14(26-18(15)24)11-10-13-8-6-5-7-9-13/h5-9,12,14,22H,10-11H2,1-4H3,(H,21,25)/t12-,14+/m0/s1. The molecule has 2 atom stereocenters. The first-order chi connectivity index (χ1) is 12.6. The number of amides is 1. The number of carbonyl (C=O) groups excluding carboxylic acids is 3. The number of ether oxygens (including phenoxy) is 2. The van der Waals surface area contributed by atoms with Crippen molar-refractivity contribution < 1.29 is 29.0 Å². The van der Waals surface area contributed by atoms with Crippen molar-refractivity contribution in [1.82, 2.24) is 5.32 Å². The molecule has 0 radical (unpaired) electrons. The summed E-state index contributed by atoms with van der Waals surface area (Å²) in [4.78, 5) is 36.4. The maximum Gasteiger partial charge on any atom is 0.408 e. The second kappa shape index (κ2) is 8.24. The van der Waals surface area contributed by atoms with Crippen LogP contribution in [0.5, 0.6) is 0 Å². The molecule has 1 fully saturated rings. The zero-order chi connectivity index (χ0) is 20.2. The van der Waals surface area contributed by atoms with Gasteiger partial charge in [-0.2, -0.15) is 0 Å². The molecule has 2 N–H and O–H groups in total. The van der Waals surface area contributed by atoms with Crippen molar-refractivity contribution in [2.75, 3.05) is 0 Å². The maximum absolute atomic E-state index is 12.5. The lowest BCUT2D eigenvalue weighted by Crippen LogP contribution is -2.39. The van der Waals surface area contributed by atoms with E-state index in [2.05, 4.69) is 5.32 Å². The molecule has 0 aliphatic carbocycles. The van der Waals surface area contributed by atoms with Gasteiger partial charge in [0.15, 0.2) is 6.10 Å². The minimum atomic E-state index is -0.973. The Labute approximate surface area is 158 Å². The van der Waals surface area contributed by atoms with E-state index in [0.29, 0.717) is 12.8 Å². The molecule has 1 amide bonds. The molecule has 0 unspecified atom stereocenters. The highest BCUT2D eigenvalue weighted by Crippen LogP contribution is 2.24.